The lowest BCUT2D eigenvalue weighted by Crippen LogP contribution is -2.29. The van der Waals surface area contributed by atoms with Gasteiger partial charge in [0.25, 0.3) is 5.91 Å². The van der Waals surface area contributed by atoms with Crippen LogP contribution in [0, 0.1) is 0 Å². The molecular formula is C19H18ClN5O5. The van der Waals surface area contributed by atoms with Crippen molar-refractivity contribution in [3.8, 4) is 17.0 Å². The highest BCUT2D eigenvalue weighted by Gasteiger charge is 2.16. The monoisotopic (exact) mass is 431 g/mol. The molecule has 0 saturated heterocycles. The van der Waals surface area contributed by atoms with Gasteiger partial charge in [0.2, 0.25) is 0 Å². The summed E-state index contributed by atoms with van der Waals surface area (Å²) < 4.78 is 7.19. The van der Waals surface area contributed by atoms with E-state index in [1.807, 2.05) is 12.1 Å². The lowest BCUT2D eigenvalue weighted by Gasteiger charge is -2.05. The smallest absolute Gasteiger partial charge is 0.322 e. The molecule has 11 heteroatoms. The lowest BCUT2D eigenvalue weighted by atomic mass is 10.2. The fourth-order valence-corrected chi connectivity index (χ4v) is 2.60. The Hall–Kier alpha value is -3.50. The average molecular weight is 432 g/mol. The summed E-state index contributed by atoms with van der Waals surface area (Å²) in [6, 6.07) is 8.69. The van der Waals surface area contributed by atoms with E-state index >= 15 is 0 Å². The molecule has 30 heavy (non-hydrogen) atoms. The molecule has 0 unspecified atom stereocenters. The Morgan fingerprint density at radius 2 is 2.00 bits per heavy atom. The molecule has 0 bridgehead atoms. The topological polar surface area (TPSA) is 139 Å². The van der Waals surface area contributed by atoms with Gasteiger partial charge >= 0.3 is 5.97 Å². The normalized spacial score (nSPS) is 10.7. The van der Waals surface area contributed by atoms with E-state index in [4.69, 9.17) is 21.4 Å². The van der Waals surface area contributed by atoms with Crippen LogP contribution in [0.25, 0.3) is 11.3 Å². The Bertz CT molecular complexity index is 1040. The molecule has 0 aliphatic carbocycles. The number of hydrogen-bond acceptors (Lipinski definition) is 7. The molecule has 0 aliphatic rings. The largest absolute Gasteiger partial charge is 0.505 e. The van der Waals surface area contributed by atoms with E-state index in [-0.39, 0.29) is 5.69 Å². The molecule has 0 fully saturated rings. The van der Waals surface area contributed by atoms with Gasteiger partial charge in [-0.15, -0.1) is 5.10 Å². The van der Waals surface area contributed by atoms with Crippen LogP contribution in [0.2, 0.25) is 5.02 Å². The van der Waals surface area contributed by atoms with E-state index in [9.17, 15) is 14.7 Å². The van der Waals surface area contributed by atoms with E-state index in [0.29, 0.717) is 36.0 Å². The minimum atomic E-state index is -1.20. The Kier molecular flexibility index (Phi) is 6.94. The second-order valence-corrected chi connectivity index (χ2v) is 6.65. The summed E-state index contributed by atoms with van der Waals surface area (Å²) in [5.74, 6) is -2.38. The average Bonchev–Trinajstić information content (AvgIpc) is 3.19. The number of aromatic hydroxyl groups is 1. The highest BCUT2D eigenvalue weighted by atomic mass is 35.5. The zero-order chi connectivity index (χ0) is 21.5. The number of aliphatic carboxylic acids is 1. The minimum Gasteiger partial charge on any atom is -0.505 e. The maximum Gasteiger partial charge on any atom is 0.322 e. The highest BCUT2D eigenvalue weighted by molar-refractivity contribution is 6.30. The van der Waals surface area contributed by atoms with Crippen molar-refractivity contribution in [2.24, 2.45) is 0 Å². The highest BCUT2D eigenvalue weighted by Crippen LogP contribution is 2.23. The van der Waals surface area contributed by atoms with E-state index in [2.05, 4.69) is 20.6 Å². The van der Waals surface area contributed by atoms with Crippen molar-refractivity contribution in [1.82, 2.24) is 25.3 Å². The number of carbonyl (C=O) groups is 2. The number of ether oxygens (including phenoxy) is 1. The number of benzene rings is 1. The molecule has 3 aromatic rings. The molecule has 0 atom stereocenters. The first-order chi connectivity index (χ1) is 14.4. The first-order valence-electron chi connectivity index (χ1n) is 8.84. The van der Waals surface area contributed by atoms with Crippen LogP contribution < -0.4 is 5.32 Å². The standard InChI is InChI=1S/C19H18ClN5O5/c20-14-3-1-12(2-4-14)11-30-6-5-25-10-15(23-24-25)13-7-16(26)18(21-8-13)19(29)22-9-17(27)28/h1-4,7-8,10,26H,5-6,9,11H2,(H,22,29)(H,27,28). The Morgan fingerprint density at radius 3 is 2.70 bits per heavy atom. The van der Waals surface area contributed by atoms with Crippen molar-refractivity contribution in [3.05, 3.63) is 59.0 Å². The number of nitrogens with one attached hydrogen (secondary N) is 1. The zero-order valence-corrected chi connectivity index (χ0v) is 16.4. The van der Waals surface area contributed by atoms with Crippen molar-refractivity contribution in [3.63, 3.8) is 0 Å². The van der Waals surface area contributed by atoms with Crippen molar-refractivity contribution >= 4 is 23.5 Å². The third kappa shape index (κ3) is 5.75. The molecule has 2 aromatic heterocycles. The van der Waals surface area contributed by atoms with E-state index < -0.39 is 24.2 Å². The second-order valence-electron chi connectivity index (χ2n) is 6.21. The predicted molar refractivity (Wildman–Crippen MR) is 106 cm³/mol. The summed E-state index contributed by atoms with van der Waals surface area (Å²) in [6.07, 6.45) is 3.01. The lowest BCUT2D eigenvalue weighted by molar-refractivity contribution is -0.135. The number of carboxylic acids is 1. The molecule has 3 N–H and O–H groups in total. The van der Waals surface area contributed by atoms with E-state index in [1.165, 1.54) is 12.3 Å². The fourth-order valence-electron chi connectivity index (χ4n) is 2.48. The number of carboxylic acid groups (broad SMARTS) is 1. The number of amides is 1. The van der Waals surface area contributed by atoms with Crippen LogP contribution in [0.15, 0.2) is 42.7 Å². The molecule has 0 aliphatic heterocycles. The summed E-state index contributed by atoms with van der Waals surface area (Å²) >= 11 is 5.84. The van der Waals surface area contributed by atoms with Crippen molar-refractivity contribution in [2.75, 3.05) is 13.2 Å². The molecule has 1 amide bonds. The van der Waals surface area contributed by atoms with Crippen LogP contribution in [0.3, 0.4) is 0 Å². The van der Waals surface area contributed by atoms with Gasteiger partial charge in [-0.05, 0) is 23.8 Å². The van der Waals surface area contributed by atoms with Gasteiger partial charge in [-0.1, -0.05) is 28.9 Å². The third-order valence-corrected chi connectivity index (χ3v) is 4.22. The SMILES string of the molecule is O=C(O)CNC(=O)c1ncc(-c2cn(CCOCc3ccc(Cl)cc3)nn2)cc1O. The molecule has 0 radical (unpaired) electrons. The second kappa shape index (κ2) is 9.81. The van der Waals surface area contributed by atoms with Crippen molar-refractivity contribution < 1.29 is 24.5 Å². The van der Waals surface area contributed by atoms with Gasteiger partial charge < -0.3 is 20.3 Å². The van der Waals surface area contributed by atoms with Gasteiger partial charge in [0.1, 0.15) is 18.0 Å². The van der Waals surface area contributed by atoms with Gasteiger partial charge in [-0.3, -0.25) is 9.59 Å². The Morgan fingerprint density at radius 1 is 1.23 bits per heavy atom. The van der Waals surface area contributed by atoms with Crippen LogP contribution in [0.1, 0.15) is 16.1 Å². The Balaban J connectivity index is 1.54. The van der Waals surface area contributed by atoms with Crippen molar-refractivity contribution in [2.45, 2.75) is 13.2 Å². The number of hydrogen-bond donors (Lipinski definition) is 3. The van der Waals surface area contributed by atoms with Gasteiger partial charge in [-0.2, -0.15) is 0 Å². The number of rotatable bonds is 9. The molecule has 10 nitrogen and oxygen atoms in total. The van der Waals surface area contributed by atoms with Gasteiger partial charge in [-0.25, -0.2) is 9.67 Å². The molecule has 2 heterocycles. The van der Waals surface area contributed by atoms with Crippen LogP contribution >= 0.6 is 11.6 Å². The maximum absolute atomic E-state index is 11.8. The van der Waals surface area contributed by atoms with Crippen LogP contribution in [-0.2, 0) is 22.7 Å². The van der Waals surface area contributed by atoms with Crippen LogP contribution in [0.5, 0.6) is 5.75 Å². The third-order valence-electron chi connectivity index (χ3n) is 3.96. The van der Waals surface area contributed by atoms with Crippen molar-refractivity contribution in [1.29, 1.82) is 0 Å². The molecule has 1 aromatic carbocycles. The van der Waals surface area contributed by atoms with E-state index in [0.717, 1.165) is 5.56 Å². The number of carbonyl (C=O) groups excluding carboxylic acids is 1. The van der Waals surface area contributed by atoms with Gasteiger partial charge in [0, 0.05) is 16.8 Å². The van der Waals surface area contributed by atoms with Gasteiger partial charge in [0.05, 0.1) is 26.0 Å². The summed E-state index contributed by atoms with van der Waals surface area (Å²) in [6.45, 7) is 0.755. The maximum atomic E-state index is 11.8. The first kappa shape index (κ1) is 21.2. The molecule has 0 saturated carbocycles. The van der Waals surface area contributed by atoms with Crippen LogP contribution in [0.4, 0.5) is 0 Å². The zero-order valence-electron chi connectivity index (χ0n) is 15.7. The summed E-state index contributed by atoms with van der Waals surface area (Å²) in [5, 5.41) is 29.5. The number of pyridine rings is 1. The summed E-state index contributed by atoms with van der Waals surface area (Å²) in [4.78, 5) is 26.2. The first-order valence-corrected chi connectivity index (χ1v) is 9.22. The number of nitrogens with zero attached hydrogens (tertiary/aromatic N) is 4. The summed E-state index contributed by atoms with van der Waals surface area (Å²) in [5.41, 5.74) is 1.64. The molecule has 0 spiro atoms. The Labute approximate surface area is 176 Å². The molecule has 3 rings (SSSR count). The van der Waals surface area contributed by atoms with E-state index in [1.54, 1.807) is 23.0 Å². The molecular weight excluding hydrogens is 414 g/mol. The quantitative estimate of drug-likeness (QED) is 0.435. The minimum absolute atomic E-state index is 0.275. The fraction of sp³-hybridized carbons (Fsp3) is 0.211. The number of halogens is 1. The van der Waals surface area contributed by atoms with Crippen LogP contribution in [-0.4, -0.2) is 55.2 Å². The predicted octanol–water partition coefficient (Wildman–Crippen LogP) is 1.73. The summed E-state index contributed by atoms with van der Waals surface area (Å²) in [7, 11) is 0. The van der Waals surface area contributed by atoms with Gasteiger partial charge in [0.15, 0.2) is 5.69 Å². The number of aromatic nitrogens is 4. The molecule has 156 valence electrons.